The molecule has 0 unspecified atom stereocenters. The quantitative estimate of drug-likeness (QED) is 0.834. The van der Waals surface area contributed by atoms with Crippen LogP contribution in [0.4, 0.5) is 5.69 Å². The zero-order chi connectivity index (χ0) is 15.9. The van der Waals surface area contributed by atoms with E-state index < -0.39 is 0 Å². The van der Waals surface area contributed by atoms with Gasteiger partial charge in [0.05, 0.1) is 46.0 Å². The summed E-state index contributed by atoms with van der Waals surface area (Å²) in [6.45, 7) is 5.55. The molecule has 0 aromatic heterocycles. The molecule has 5 nitrogen and oxygen atoms in total. The molecule has 1 saturated heterocycles. The highest BCUT2D eigenvalue weighted by Gasteiger charge is 2.19. The number of carbonyl (C=O) groups is 1. The van der Waals surface area contributed by atoms with E-state index in [9.17, 15) is 4.79 Å². The second-order valence-electron chi connectivity index (χ2n) is 6.05. The van der Waals surface area contributed by atoms with E-state index in [0.717, 1.165) is 12.5 Å². The van der Waals surface area contributed by atoms with E-state index in [1.165, 1.54) is 30.8 Å². The van der Waals surface area contributed by atoms with E-state index in [-0.39, 0.29) is 5.91 Å². The maximum absolute atomic E-state index is 12.2. The maximum Gasteiger partial charge on any atom is 0.230 e. The number of methoxy groups -OCH3 is 2. The van der Waals surface area contributed by atoms with E-state index in [1.54, 1.807) is 26.4 Å². The number of amides is 1. The van der Waals surface area contributed by atoms with Gasteiger partial charge >= 0.3 is 0 Å². The van der Waals surface area contributed by atoms with Crippen molar-refractivity contribution in [2.24, 2.45) is 5.92 Å². The molecule has 1 heterocycles. The number of hydrogen-bond acceptors (Lipinski definition) is 3. The lowest BCUT2D eigenvalue weighted by Gasteiger charge is -2.27. The molecule has 1 aliphatic rings. The summed E-state index contributed by atoms with van der Waals surface area (Å²) in [6, 6.07) is 5.39. The van der Waals surface area contributed by atoms with E-state index in [2.05, 4.69) is 12.2 Å². The van der Waals surface area contributed by atoms with Crippen LogP contribution in [0.2, 0.25) is 0 Å². The third kappa shape index (κ3) is 4.63. The Morgan fingerprint density at radius 2 is 2.00 bits per heavy atom. The number of carbonyl (C=O) groups excluding carboxylic acids is 1. The lowest BCUT2D eigenvalue weighted by molar-refractivity contribution is -0.905. The number of rotatable bonds is 6. The average molecular weight is 307 g/mol. The van der Waals surface area contributed by atoms with Gasteiger partial charge in [-0.25, -0.2) is 0 Å². The fourth-order valence-electron chi connectivity index (χ4n) is 2.84. The van der Waals surface area contributed by atoms with Gasteiger partial charge in [0.1, 0.15) is 11.5 Å². The molecule has 2 rings (SSSR count). The average Bonchev–Trinajstić information content (AvgIpc) is 2.54. The summed E-state index contributed by atoms with van der Waals surface area (Å²) in [6.07, 6.45) is 3.06. The van der Waals surface area contributed by atoms with Crippen molar-refractivity contribution in [3.63, 3.8) is 0 Å². The van der Waals surface area contributed by atoms with Crippen LogP contribution in [0, 0.1) is 5.92 Å². The first-order valence-electron chi connectivity index (χ1n) is 7.97. The molecule has 5 heteroatoms. The molecule has 0 aliphatic carbocycles. The molecule has 122 valence electrons. The van der Waals surface area contributed by atoms with Gasteiger partial charge in [0.2, 0.25) is 5.91 Å². The largest absolute Gasteiger partial charge is 0.497 e. The van der Waals surface area contributed by atoms with Crippen LogP contribution in [0.3, 0.4) is 0 Å². The molecule has 0 bridgehead atoms. The van der Waals surface area contributed by atoms with Gasteiger partial charge in [-0.1, -0.05) is 6.92 Å². The Balaban J connectivity index is 1.86. The molecule has 0 saturated carbocycles. The molecule has 1 fully saturated rings. The summed E-state index contributed by atoms with van der Waals surface area (Å²) < 4.78 is 10.5. The lowest BCUT2D eigenvalue weighted by Crippen LogP contribution is -3.13. The number of nitrogens with one attached hydrogen (secondary N) is 2. The number of likely N-dealkylation sites (tertiary alicyclic amines) is 1. The van der Waals surface area contributed by atoms with E-state index in [1.807, 2.05) is 6.07 Å². The van der Waals surface area contributed by atoms with Crippen molar-refractivity contribution >= 4 is 11.6 Å². The molecular formula is C17H27N2O3+. The van der Waals surface area contributed by atoms with Crippen LogP contribution >= 0.6 is 0 Å². The number of anilines is 1. The van der Waals surface area contributed by atoms with Gasteiger partial charge in [0.15, 0.2) is 0 Å². The minimum absolute atomic E-state index is 0.0256. The van der Waals surface area contributed by atoms with Crippen molar-refractivity contribution in [2.45, 2.75) is 26.2 Å². The third-order valence-corrected chi connectivity index (χ3v) is 4.37. The molecule has 0 atom stereocenters. The first-order valence-corrected chi connectivity index (χ1v) is 7.97. The Hall–Kier alpha value is -1.75. The minimum atomic E-state index is 0.0256. The van der Waals surface area contributed by atoms with Crippen LogP contribution in [0.15, 0.2) is 18.2 Å². The van der Waals surface area contributed by atoms with Gasteiger partial charge < -0.3 is 19.7 Å². The monoisotopic (exact) mass is 307 g/mol. The van der Waals surface area contributed by atoms with Crippen molar-refractivity contribution in [1.29, 1.82) is 0 Å². The maximum atomic E-state index is 12.2. The van der Waals surface area contributed by atoms with E-state index >= 15 is 0 Å². The van der Waals surface area contributed by atoms with Crippen LogP contribution in [0.25, 0.3) is 0 Å². The van der Waals surface area contributed by atoms with Crippen molar-refractivity contribution < 1.29 is 19.2 Å². The summed E-state index contributed by atoms with van der Waals surface area (Å²) in [5.41, 5.74) is 0.661. The first kappa shape index (κ1) is 16.6. The van der Waals surface area contributed by atoms with Crippen LogP contribution in [0.5, 0.6) is 11.5 Å². The summed E-state index contributed by atoms with van der Waals surface area (Å²) >= 11 is 0. The number of benzene rings is 1. The zero-order valence-corrected chi connectivity index (χ0v) is 13.8. The predicted octanol–water partition coefficient (Wildman–Crippen LogP) is 1.35. The van der Waals surface area contributed by atoms with Crippen molar-refractivity contribution in [3.05, 3.63) is 18.2 Å². The van der Waals surface area contributed by atoms with Crippen LogP contribution in [-0.2, 0) is 4.79 Å². The highest BCUT2D eigenvalue weighted by Crippen LogP contribution is 2.28. The van der Waals surface area contributed by atoms with E-state index in [0.29, 0.717) is 23.6 Å². The summed E-state index contributed by atoms with van der Waals surface area (Å²) in [4.78, 5) is 13.7. The summed E-state index contributed by atoms with van der Waals surface area (Å²) in [5.74, 6) is 2.20. The van der Waals surface area contributed by atoms with Gasteiger partial charge in [0, 0.05) is 6.07 Å². The van der Waals surface area contributed by atoms with Crippen LogP contribution in [0.1, 0.15) is 26.2 Å². The highest BCUT2D eigenvalue weighted by atomic mass is 16.5. The molecule has 1 aromatic carbocycles. The van der Waals surface area contributed by atoms with Crippen molar-refractivity contribution in [2.75, 3.05) is 39.2 Å². The third-order valence-electron chi connectivity index (χ3n) is 4.37. The Bertz CT molecular complexity index is 497. The molecule has 2 N–H and O–H groups in total. The minimum Gasteiger partial charge on any atom is -0.497 e. The fourth-order valence-corrected chi connectivity index (χ4v) is 2.84. The SMILES string of the molecule is COc1ccc(OC)c(NC(=O)CC[NH+]2CCC(C)CC2)c1. The van der Waals surface area contributed by atoms with Crippen molar-refractivity contribution in [3.8, 4) is 11.5 Å². The smallest absolute Gasteiger partial charge is 0.230 e. The summed E-state index contributed by atoms with van der Waals surface area (Å²) in [7, 11) is 3.20. The topological polar surface area (TPSA) is 52.0 Å². The van der Waals surface area contributed by atoms with Gasteiger partial charge in [-0.15, -0.1) is 0 Å². The second-order valence-corrected chi connectivity index (χ2v) is 6.05. The van der Waals surface area contributed by atoms with E-state index in [4.69, 9.17) is 9.47 Å². The first-order chi connectivity index (χ1) is 10.6. The number of ether oxygens (including phenoxy) is 2. The number of hydrogen-bond donors (Lipinski definition) is 2. The van der Waals surface area contributed by atoms with Gasteiger partial charge in [0.25, 0.3) is 0 Å². The molecular weight excluding hydrogens is 280 g/mol. The Morgan fingerprint density at radius 3 is 2.64 bits per heavy atom. The number of piperidine rings is 1. The molecule has 22 heavy (non-hydrogen) atoms. The Kier molecular flexibility index (Phi) is 6.07. The Morgan fingerprint density at radius 1 is 1.27 bits per heavy atom. The molecule has 1 aromatic rings. The molecule has 1 amide bonds. The lowest BCUT2D eigenvalue weighted by atomic mass is 9.99. The summed E-state index contributed by atoms with van der Waals surface area (Å²) in [5, 5.41) is 2.93. The molecule has 0 radical (unpaired) electrons. The molecule has 0 spiro atoms. The predicted molar refractivity (Wildman–Crippen MR) is 86.8 cm³/mol. The van der Waals surface area contributed by atoms with Gasteiger partial charge in [-0.05, 0) is 30.9 Å². The van der Waals surface area contributed by atoms with Crippen molar-refractivity contribution in [1.82, 2.24) is 0 Å². The normalized spacial score (nSPS) is 21.2. The Labute approximate surface area is 132 Å². The van der Waals surface area contributed by atoms with Crippen LogP contribution in [-0.4, -0.2) is 39.8 Å². The highest BCUT2D eigenvalue weighted by molar-refractivity contribution is 5.92. The fraction of sp³-hybridized carbons (Fsp3) is 0.588. The number of quaternary nitrogens is 1. The second kappa shape index (κ2) is 8.03. The van der Waals surface area contributed by atoms with Gasteiger partial charge in [-0.2, -0.15) is 0 Å². The standard InChI is InChI=1S/C17H26N2O3/c1-13-6-9-19(10-7-13)11-8-17(20)18-15-12-14(21-2)4-5-16(15)22-3/h4-5,12-13H,6-11H2,1-3H3,(H,18,20)/p+1. The van der Waals surface area contributed by atoms with Gasteiger partial charge in [-0.3, -0.25) is 4.79 Å². The zero-order valence-electron chi connectivity index (χ0n) is 13.8. The molecule has 1 aliphatic heterocycles. The van der Waals surface area contributed by atoms with Crippen LogP contribution < -0.4 is 19.7 Å².